The lowest BCUT2D eigenvalue weighted by molar-refractivity contribution is -0.185. The zero-order chi connectivity index (χ0) is 14.0. The normalized spacial score (nSPS) is 45.0. The molecule has 108 valence electrons. The summed E-state index contributed by atoms with van der Waals surface area (Å²) < 4.78 is 12.5. The predicted molar refractivity (Wildman–Crippen MR) is 77.5 cm³/mol. The van der Waals surface area contributed by atoms with Gasteiger partial charge in [-0.2, -0.15) is 0 Å². The number of hydrogen-bond acceptors (Lipinski definition) is 3. The summed E-state index contributed by atoms with van der Waals surface area (Å²) in [4.78, 5) is 0. The summed E-state index contributed by atoms with van der Waals surface area (Å²) in [6.07, 6.45) is 3.65. The van der Waals surface area contributed by atoms with E-state index in [0.717, 1.165) is 18.8 Å². The van der Waals surface area contributed by atoms with Gasteiger partial charge in [0, 0.05) is 5.94 Å². The van der Waals surface area contributed by atoms with Gasteiger partial charge in [-0.1, -0.05) is 27.7 Å². The van der Waals surface area contributed by atoms with Gasteiger partial charge in [0.15, 0.2) is 0 Å². The van der Waals surface area contributed by atoms with Gasteiger partial charge >= 0.3 is 7.12 Å². The minimum atomic E-state index is -0.201. The second-order valence-corrected chi connectivity index (χ2v) is 8.21. The van der Waals surface area contributed by atoms with Crippen molar-refractivity contribution in [1.82, 2.24) is 0 Å². The lowest BCUT2D eigenvalue weighted by Gasteiger charge is -2.63. The number of rotatable bonds is 3. The van der Waals surface area contributed by atoms with Crippen molar-refractivity contribution in [3.05, 3.63) is 0 Å². The standard InChI is InChI=1S/C15H28BNO2/c1-9(2)6-12(17)16-18-13-11-7-10(14(11,3)4)8-15(13,5)19-16/h9-13H,6-8,17H2,1-5H3/t10?,11?,12-,13?,15-/m0/s1. The van der Waals surface area contributed by atoms with Crippen molar-refractivity contribution in [2.75, 3.05) is 0 Å². The van der Waals surface area contributed by atoms with E-state index in [9.17, 15) is 0 Å². The Morgan fingerprint density at radius 2 is 2.00 bits per heavy atom. The summed E-state index contributed by atoms with van der Waals surface area (Å²) in [7, 11) is -0.201. The first-order valence-electron chi connectivity index (χ1n) is 7.83. The third kappa shape index (κ3) is 1.98. The molecule has 3 saturated carbocycles. The third-order valence-electron chi connectivity index (χ3n) is 5.92. The molecule has 4 fully saturated rings. The molecule has 3 nitrogen and oxygen atoms in total. The van der Waals surface area contributed by atoms with Gasteiger partial charge in [0.05, 0.1) is 11.7 Å². The summed E-state index contributed by atoms with van der Waals surface area (Å²) in [5.41, 5.74) is 6.60. The Labute approximate surface area is 117 Å². The molecule has 2 bridgehead atoms. The van der Waals surface area contributed by atoms with Crippen LogP contribution in [-0.4, -0.2) is 24.8 Å². The van der Waals surface area contributed by atoms with E-state index in [1.54, 1.807) is 0 Å². The average molecular weight is 265 g/mol. The maximum Gasteiger partial charge on any atom is 0.475 e. The molecule has 0 aromatic rings. The van der Waals surface area contributed by atoms with Gasteiger partial charge in [0.1, 0.15) is 0 Å². The molecule has 1 saturated heterocycles. The lowest BCUT2D eigenvalue weighted by atomic mass is 9.45. The molecule has 2 N–H and O–H groups in total. The van der Waals surface area contributed by atoms with Crippen LogP contribution >= 0.6 is 0 Å². The van der Waals surface area contributed by atoms with E-state index in [2.05, 4.69) is 34.6 Å². The molecule has 4 aliphatic rings. The van der Waals surface area contributed by atoms with Crippen LogP contribution in [0, 0.1) is 23.2 Å². The van der Waals surface area contributed by atoms with E-state index in [4.69, 9.17) is 15.0 Å². The van der Waals surface area contributed by atoms with Gasteiger partial charge < -0.3 is 15.0 Å². The molecule has 5 atom stereocenters. The maximum absolute atomic E-state index is 6.27. The minimum Gasteiger partial charge on any atom is -0.404 e. The van der Waals surface area contributed by atoms with Crippen LogP contribution in [0.4, 0.5) is 0 Å². The van der Waals surface area contributed by atoms with Crippen molar-refractivity contribution in [1.29, 1.82) is 0 Å². The van der Waals surface area contributed by atoms with Crippen LogP contribution in [-0.2, 0) is 9.31 Å². The van der Waals surface area contributed by atoms with Crippen LogP contribution in [0.15, 0.2) is 0 Å². The smallest absolute Gasteiger partial charge is 0.404 e. The monoisotopic (exact) mass is 265 g/mol. The molecule has 3 aliphatic carbocycles. The van der Waals surface area contributed by atoms with E-state index >= 15 is 0 Å². The molecule has 0 aromatic heterocycles. The molecule has 0 spiro atoms. The summed E-state index contributed by atoms with van der Waals surface area (Å²) in [5, 5.41) is 0. The fourth-order valence-electron chi connectivity index (χ4n) is 4.58. The molecule has 19 heavy (non-hydrogen) atoms. The Hall–Kier alpha value is -0.0551. The van der Waals surface area contributed by atoms with Crippen LogP contribution < -0.4 is 5.73 Å². The Morgan fingerprint density at radius 3 is 2.58 bits per heavy atom. The number of hydrogen-bond donors (Lipinski definition) is 1. The van der Waals surface area contributed by atoms with E-state index < -0.39 is 0 Å². The second-order valence-electron chi connectivity index (χ2n) is 8.21. The van der Waals surface area contributed by atoms with Crippen LogP contribution in [0.5, 0.6) is 0 Å². The molecule has 1 heterocycles. The van der Waals surface area contributed by atoms with Gasteiger partial charge in [0.25, 0.3) is 0 Å². The lowest BCUT2D eigenvalue weighted by Crippen LogP contribution is -2.63. The van der Waals surface area contributed by atoms with Crippen LogP contribution in [0.3, 0.4) is 0 Å². The molecule has 0 amide bonds. The largest absolute Gasteiger partial charge is 0.475 e. The van der Waals surface area contributed by atoms with E-state index in [1.165, 1.54) is 6.42 Å². The maximum atomic E-state index is 6.27. The first kappa shape index (κ1) is 13.9. The Bertz CT molecular complexity index is 373. The molecule has 1 aliphatic heterocycles. The van der Waals surface area contributed by atoms with Crippen molar-refractivity contribution in [2.45, 2.75) is 71.5 Å². The molecular weight excluding hydrogens is 237 g/mol. The SMILES string of the molecule is CC(C)C[C@H](N)B1OC2C3CC(C[C@]2(C)O1)C3(C)C. The highest BCUT2D eigenvalue weighted by molar-refractivity contribution is 6.47. The molecule has 4 rings (SSSR count). The number of nitrogens with two attached hydrogens (primary N) is 1. The van der Waals surface area contributed by atoms with Gasteiger partial charge in [-0.05, 0) is 49.4 Å². The highest BCUT2D eigenvalue weighted by Gasteiger charge is 2.67. The first-order chi connectivity index (χ1) is 8.74. The van der Waals surface area contributed by atoms with Crippen LogP contribution in [0.2, 0.25) is 0 Å². The zero-order valence-corrected chi connectivity index (χ0v) is 13.0. The molecule has 3 unspecified atom stereocenters. The highest BCUT2D eigenvalue weighted by Crippen LogP contribution is 2.64. The van der Waals surface area contributed by atoms with Crippen LogP contribution in [0.25, 0.3) is 0 Å². The zero-order valence-electron chi connectivity index (χ0n) is 13.0. The van der Waals surface area contributed by atoms with Gasteiger partial charge in [0.2, 0.25) is 0 Å². The highest BCUT2D eigenvalue weighted by atomic mass is 16.7. The van der Waals surface area contributed by atoms with E-state index in [-0.39, 0.29) is 24.8 Å². The summed E-state index contributed by atoms with van der Waals surface area (Å²) >= 11 is 0. The minimum absolute atomic E-state index is 0.00253. The van der Waals surface area contributed by atoms with Gasteiger partial charge in [-0.25, -0.2) is 0 Å². The summed E-state index contributed by atoms with van der Waals surface area (Å²) in [6, 6.07) is 0. The topological polar surface area (TPSA) is 44.5 Å². The fraction of sp³-hybridized carbons (Fsp3) is 1.00. The van der Waals surface area contributed by atoms with Gasteiger partial charge in [-0.15, -0.1) is 0 Å². The van der Waals surface area contributed by atoms with Crippen LogP contribution in [0.1, 0.15) is 53.9 Å². The van der Waals surface area contributed by atoms with Crippen molar-refractivity contribution >= 4 is 7.12 Å². The molecule has 0 aromatic carbocycles. The molecule has 4 heteroatoms. The summed E-state index contributed by atoms with van der Waals surface area (Å²) in [5.74, 6) is 2.03. The quantitative estimate of drug-likeness (QED) is 0.798. The molecule has 0 radical (unpaired) electrons. The van der Waals surface area contributed by atoms with Crippen molar-refractivity contribution in [2.24, 2.45) is 28.9 Å². The van der Waals surface area contributed by atoms with E-state index in [0.29, 0.717) is 17.3 Å². The predicted octanol–water partition coefficient (Wildman–Crippen LogP) is 2.63. The second kappa shape index (κ2) is 4.22. The Balaban J connectivity index is 1.73. The van der Waals surface area contributed by atoms with Crippen molar-refractivity contribution < 1.29 is 9.31 Å². The summed E-state index contributed by atoms with van der Waals surface area (Å²) in [6.45, 7) is 11.4. The van der Waals surface area contributed by atoms with Crippen molar-refractivity contribution in [3.8, 4) is 0 Å². The third-order valence-corrected chi connectivity index (χ3v) is 5.92. The van der Waals surface area contributed by atoms with Crippen molar-refractivity contribution in [3.63, 3.8) is 0 Å². The van der Waals surface area contributed by atoms with Gasteiger partial charge in [-0.3, -0.25) is 0 Å². The Kier molecular flexibility index (Phi) is 3.09. The van der Waals surface area contributed by atoms with E-state index in [1.807, 2.05) is 0 Å². The Morgan fingerprint density at radius 1 is 1.32 bits per heavy atom. The average Bonchev–Trinajstić information content (AvgIpc) is 2.64. The fourth-order valence-corrected chi connectivity index (χ4v) is 4.58. The first-order valence-corrected chi connectivity index (χ1v) is 7.83. The molecular formula is C15H28BNO2.